The fourth-order valence-electron chi connectivity index (χ4n) is 4.73. The number of nitrogens with zero attached hydrogens (tertiary/aromatic N) is 2. The zero-order valence-corrected chi connectivity index (χ0v) is 20.5. The Morgan fingerprint density at radius 3 is 2.51 bits per heavy atom. The number of aliphatic hydroxyl groups excluding tert-OH is 1. The molecule has 0 unspecified atom stereocenters. The van der Waals surface area contributed by atoms with E-state index in [0.717, 1.165) is 13.1 Å². The minimum Gasteiger partial charge on any atom is -0.507 e. The Hall–Kier alpha value is -3.37. The molecule has 1 atom stereocenters. The van der Waals surface area contributed by atoms with Gasteiger partial charge in [-0.1, -0.05) is 0 Å². The molecule has 0 aromatic carbocycles. The zero-order valence-electron chi connectivity index (χ0n) is 20.5. The molecule has 4 heterocycles. The number of aromatic nitrogens is 1. The number of morpholine rings is 1. The largest absolute Gasteiger partial charge is 0.507 e. The predicted octanol–water partition coefficient (Wildman–Crippen LogP) is 2.46. The van der Waals surface area contributed by atoms with Gasteiger partial charge in [0.15, 0.2) is 0 Å². The molecule has 2 N–H and O–H groups in total. The maximum Gasteiger partial charge on any atom is 0.355 e. The third kappa shape index (κ3) is 4.63. The molecule has 0 bridgehead atoms. The second kappa shape index (κ2) is 10.1. The lowest BCUT2D eigenvalue weighted by Gasteiger charge is -2.30. The number of furan rings is 1. The molecule has 2 aliphatic rings. The summed E-state index contributed by atoms with van der Waals surface area (Å²) < 4.78 is 16.3. The molecule has 10 heteroatoms. The quantitative estimate of drug-likeness (QED) is 0.265. The van der Waals surface area contributed by atoms with E-state index >= 15 is 0 Å². The Bertz CT molecular complexity index is 1170. The minimum absolute atomic E-state index is 0.0630. The highest BCUT2D eigenvalue weighted by Gasteiger charge is 2.48. The second-order valence-corrected chi connectivity index (χ2v) is 8.74. The molecular weight excluding hydrogens is 454 g/mol. The van der Waals surface area contributed by atoms with Crippen LogP contribution < -0.4 is 0 Å². The Labute approximate surface area is 203 Å². The van der Waals surface area contributed by atoms with Gasteiger partial charge in [0.05, 0.1) is 25.4 Å². The molecule has 0 saturated carbocycles. The highest BCUT2D eigenvalue weighted by atomic mass is 16.5. The van der Waals surface area contributed by atoms with E-state index in [-0.39, 0.29) is 30.2 Å². The molecule has 0 aliphatic carbocycles. The van der Waals surface area contributed by atoms with Crippen LogP contribution in [-0.4, -0.2) is 83.5 Å². The van der Waals surface area contributed by atoms with Gasteiger partial charge in [0.1, 0.15) is 29.0 Å². The van der Waals surface area contributed by atoms with Crippen molar-refractivity contribution in [3.8, 4) is 0 Å². The van der Waals surface area contributed by atoms with Crippen molar-refractivity contribution in [3.05, 3.63) is 51.7 Å². The fourth-order valence-corrected chi connectivity index (χ4v) is 4.73. The first-order valence-corrected chi connectivity index (χ1v) is 11.8. The zero-order chi connectivity index (χ0) is 25.3. The second-order valence-electron chi connectivity index (χ2n) is 8.74. The number of H-pyrrole nitrogens is 1. The van der Waals surface area contributed by atoms with Gasteiger partial charge in [0, 0.05) is 37.4 Å². The fraction of sp³-hybridized carbons (Fsp3) is 0.480. The van der Waals surface area contributed by atoms with Gasteiger partial charge in [-0.25, -0.2) is 4.79 Å². The van der Waals surface area contributed by atoms with Crippen LogP contribution in [0.1, 0.15) is 51.8 Å². The van der Waals surface area contributed by atoms with Gasteiger partial charge in [0.25, 0.3) is 11.7 Å². The first-order valence-electron chi connectivity index (χ1n) is 11.8. The summed E-state index contributed by atoms with van der Waals surface area (Å²) in [5, 5.41) is 11.4. The smallest absolute Gasteiger partial charge is 0.355 e. The SMILES string of the molecule is CCOC(=O)c1[nH]c(C)c(C(O)=C2C(=O)C(=O)N(CCN3CCOCC3)[C@@H]2c2ccc(C)o2)c1C. The molecule has 4 rings (SSSR count). The van der Waals surface area contributed by atoms with Crippen LogP contribution in [0.4, 0.5) is 0 Å². The van der Waals surface area contributed by atoms with Crippen LogP contribution in [0.2, 0.25) is 0 Å². The predicted molar refractivity (Wildman–Crippen MR) is 126 cm³/mol. The van der Waals surface area contributed by atoms with Crippen molar-refractivity contribution in [2.75, 3.05) is 46.0 Å². The normalized spacial score (nSPS) is 20.6. The number of aromatic amines is 1. The van der Waals surface area contributed by atoms with Crippen LogP contribution in [0.15, 0.2) is 22.1 Å². The summed E-state index contributed by atoms with van der Waals surface area (Å²) in [6, 6.07) is 2.58. The number of aryl methyl sites for hydroxylation is 2. The number of nitrogens with one attached hydrogen (secondary N) is 1. The van der Waals surface area contributed by atoms with E-state index in [0.29, 0.717) is 48.1 Å². The van der Waals surface area contributed by atoms with Crippen LogP contribution in [0.25, 0.3) is 5.76 Å². The van der Waals surface area contributed by atoms with Crippen LogP contribution >= 0.6 is 0 Å². The topological polar surface area (TPSA) is 125 Å². The molecule has 10 nitrogen and oxygen atoms in total. The molecule has 2 fully saturated rings. The summed E-state index contributed by atoms with van der Waals surface area (Å²) >= 11 is 0. The molecule has 188 valence electrons. The van der Waals surface area contributed by atoms with Crippen molar-refractivity contribution in [1.82, 2.24) is 14.8 Å². The number of ketones is 1. The molecule has 0 radical (unpaired) electrons. The van der Waals surface area contributed by atoms with Gasteiger partial charge in [-0.2, -0.15) is 0 Å². The molecule has 1 amide bonds. The van der Waals surface area contributed by atoms with E-state index in [1.807, 2.05) is 0 Å². The van der Waals surface area contributed by atoms with Crippen molar-refractivity contribution >= 4 is 23.4 Å². The van der Waals surface area contributed by atoms with E-state index in [1.165, 1.54) is 4.90 Å². The summed E-state index contributed by atoms with van der Waals surface area (Å²) in [6.07, 6.45) is 0. The van der Waals surface area contributed by atoms with Gasteiger partial charge in [-0.05, 0) is 45.4 Å². The lowest BCUT2D eigenvalue weighted by Crippen LogP contribution is -2.42. The number of rotatable bonds is 7. The van der Waals surface area contributed by atoms with Crippen LogP contribution in [-0.2, 0) is 19.1 Å². The van der Waals surface area contributed by atoms with Crippen molar-refractivity contribution in [2.24, 2.45) is 0 Å². The van der Waals surface area contributed by atoms with Crippen LogP contribution in [0.3, 0.4) is 0 Å². The van der Waals surface area contributed by atoms with E-state index in [9.17, 15) is 19.5 Å². The maximum atomic E-state index is 13.3. The molecule has 35 heavy (non-hydrogen) atoms. The number of likely N-dealkylation sites (tertiary alicyclic amines) is 1. The average molecular weight is 486 g/mol. The molecule has 2 aromatic heterocycles. The third-order valence-corrected chi connectivity index (χ3v) is 6.49. The summed E-state index contributed by atoms with van der Waals surface area (Å²) in [4.78, 5) is 45.3. The molecule has 2 aromatic rings. The monoisotopic (exact) mass is 485 g/mol. The summed E-state index contributed by atoms with van der Waals surface area (Å²) in [5.41, 5.74) is 1.35. The van der Waals surface area contributed by atoms with Gasteiger partial charge in [-0.15, -0.1) is 0 Å². The lowest BCUT2D eigenvalue weighted by molar-refractivity contribution is -0.140. The summed E-state index contributed by atoms with van der Waals surface area (Å²) in [6.45, 7) is 10.6. The number of carbonyl (C=O) groups is 3. The van der Waals surface area contributed by atoms with Crippen LogP contribution in [0.5, 0.6) is 0 Å². The summed E-state index contributed by atoms with van der Waals surface area (Å²) in [5.74, 6) is -1.38. The Morgan fingerprint density at radius 2 is 1.89 bits per heavy atom. The number of carbonyl (C=O) groups excluding carboxylic acids is 3. The number of hydrogen-bond acceptors (Lipinski definition) is 8. The standard InChI is InChI=1S/C25H31N3O7/c1-5-34-25(32)20-15(3)18(16(4)26-20)22(29)19-21(17-7-6-14(2)35-17)28(24(31)23(19)30)9-8-27-10-12-33-13-11-27/h6-7,21,26,29H,5,8-13H2,1-4H3/t21-/m1/s1. The average Bonchev–Trinajstić information content (AvgIpc) is 3.47. The number of amides is 1. The Balaban J connectivity index is 1.76. The van der Waals surface area contributed by atoms with Crippen molar-refractivity contribution < 1.29 is 33.4 Å². The molecule has 2 saturated heterocycles. The van der Waals surface area contributed by atoms with Gasteiger partial charge in [0.2, 0.25) is 0 Å². The number of ether oxygens (including phenoxy) is 2. The molecular formula is C25H31N3O7. The first kappa shape index (κ1) is 24.7. The molecule has 2 aliphatic heterocycles. The highest BCUT2D eigenvalue weighted by molar-refractivity contribution is 6.46. The Kier molecular flexibility index (Phi) is 7.13. The van der Waals surface area contributed by atoms with Crippen molar-refractivity contribution in [3.63, 3.8) is 0 Å². The van der Waals surface area contributed by atoms with E-state index in [2.05, 4.69) is 9.88 Å². The van der Waals surface area contributed by atoms with Crippen molar-refractivity contribution in [1.29, 1.82) is 0 Å². The maximum absolute atomic E-state index is 13.3. The van der Waals surface area contributed by atoms with Crippen LogP contribution in [0, 0.1) is 20.8 Å². The molecule has 0 spiro atoms. The van der Waals surface area contributed by atoms with E-state index < -0.39 is 23.7 Å². The van der Waals surface area contributed by atoms with Gasteiger partial charge < -0.3 is 28.9 Å². The lowest BCUT2D eigenvalue weighted by atomic mass is 9.97. The van der Waals surface area contributed by atoms with Gasteiger partial charge >= 0.3 is 5.97 Å². The highest BCUT2D eigenvalue weighted by Crippen LogP contribution is 2.41. The number of aliphatic hydroxyl groups is 1. The van der Waals surface area contributed by atoms with E-state index in [1.54, 1.807) is 39.8 Å². The number of esters is 1. The first-order chi connectivity index (χ1) is 16.7. The number of hydrogen-bond donors (Lipinski definition) is 2. The van der Waals surface area contributed by atoms with Crippen molar-refractivity contribution in [2.45, 2.75) is 33.7 Å². The summed E-state index contributed by atoms with van der Waals surface area (Å²) in [7, 11) is 0. The minimum atomic E-state index is -0.885. The third-order valence-electron chi connectivity index (χ3n) is 6.49. The Morgan fingerprint density at radius 1 is 1.17 bits per heavy atom. The van der Waals surface area contributed by atoms with E-state index in [4.69, 9.17) is 13.9 Å². The number of Topliss-reactive ketones (excluding diaryl/α,β-unsaturated/α-hetero) is 1. The van der Waals surface area contributed by atoms with Gasteiger partial charge in [-0.3, -0.25) is 14.5 Å².